The molecule has 0 saturated carbocycles. The first-order valence-electron chi connectivity index (χ1n) is 8.31. The SMILES string of the molecule is CCCCCN(C(=O)c1ccc2c(c1)CCCN2)C(C)C. The minimum atomic E-state index is 0.175. The molecule has 0 radical (unpaired) electrons. The normalized spacial score (nSPS) is 13.7. The van der Waals surface area contributed by atoms with Crippen LogP contribution in [0.4, 0.5) is 5.69 Å². The zero-order chi connectivity index (χ0) is 15.2. The Morgan fingerprint density at radius 3 is 2.86 bits per heavy atom. The molecule has 0 saturated heterocycles. The Hall–Kier alpha value is -1.51. The molecule has 116 valence electrons. The van der Waals surface area contributed by atoms with Crippen LogP contribution in [-0.2, 0) is 6.42 Å². The van der Waals surface area contributed by atoms with E-state index in [0.717, 1.165) is 37.9 Å². The maximum Gasteiger partial charge on any atom is 0.254 e. The van der Waals surface area contributed by atoms with Gasteiger partial charge < -0.3 is 10.2 Å². The first-order valence-corrected chi connectivity index (χ1v) is 8.31. The third-order valence-corrected chi connectivity index (χ3v) is 4.18. The lowest BCUT2D eigenvalue weighted by molar-refractivity contribution is 0.0702. The fourth-order valence-electron chi connectivity index (χ4n) is 2.90. The highest BCUT2D eigenvalue weighted by atomic mass is 16.2. The molecule has 1 aromatic rings. The molecule has 1 heterocycles. The van der Waals surface area contributed by atoms with Crippen molar-refractivity contribution in [1.29, 1.82) is 0 Å². The highest BCUT2D eigenvalue weighted by Crippen LogP contribution is 2.24. The minimum Gasteiger partial charge on any atom is -0.385 e. The average Bonchev–Trinajstić information content (AvgIpc) is 2.50. The summed E-state index contributed by atoms with van der Waals surface area (Å²) in [5.41, 5.74) is 3.31. The summed E-state index contributed by atoms with van der Waals surface area (Å²) in [6, 6.07) is 6.36. The van der Waals surface area contributed by atoms with Crippen LogP contribution in [0.25, 0.3) is 0 Å². The van der Waals surface area contributed by atoms with Crippen molar-refractivity contribution in [2.75, 3.05) is 18.4 Å². The molecule has 0 atom stereocenters. The van der Waals surface area contributed by atoms with E-state index in [9.17, 15) is 4.79 Å². The zero-order valence-electron chi connectivity index (χ0n) is 13.6. The van der Waals surface area contributed by atoms with E-state index >= 15 is 0 Å². The number of nitrogens with one attached hydrogen (secondary N) is 1. The summed E-state index contributed by atoms with van der Waals surface area (Å²) < 4.78 is 0. The molecule has 1 aliphatic heterocycles. The molecular formula is C18H28N2O. The Balaban J connectivity index is 2.12. The Kier molecular flexibility index (Phi) is 5.66. The molecule has 0 spiro atoms. The van der Waals surface area contributed by atoms with Gasteiger partial charge in [-0.1, -0.05) is 19.8 Å². The van der Waals surface area contributed by atoms with Crippen LogP contribution >= 0.6 is 0 Å². The highest BCUT2D eigenvalue weighted by Gasteiger charge is 2.20. The highest BCUT2D eigenvalue weighted by molar-refractivity contribution is 5.95. The number of carbonyl (C=O) groups excluding carboxylic acids is 1. The third-order valence-electron chi connectivity index (χ3n) is 4.18. The Morgan fingerprint density at radius 2 is 2.14 bits per heavy atom. The van der Waals surface area contributed by atoms with Gasteiger partial charge in [-0.3, -0.25) is 4.79 Å². The zero-order valence-corrected chi connectivity index (χ0v) is 13.6. The monoisotopic (exact) mass is 288 g/mol. The number of anilines is 1. The number of amides is 1. The fraction of sp³-hybridized carbons (Fsp3) is 0.611. The lowest BCUT2D eigenvalue weighted by Crippen LogP contribution is -2.37. The van der Waals surface area contributed by atoms with Crippen LogP contribution < -0.4 is 5.32 Å². The number of nitrogens with zero attached hydrogens (tertiary/aromatic N) is 1. The predicted octanol–water partition coefficient (Wildman–Crippen LogP) is 4.09. The molecule has 3 nitrogen and oxygen atoms in total. The smallest absolute Gasteiger partial charge is 0.254 e. The van der Waals surface area contributed by atoms with E-state index in [2.05, 4.69) is 38.2 Å². The molecular weight excluding hydrogens is 260 g/mol. The summed E-state index contributed by atoms with van der Waals surface area (Å²) in [6.45, 7) is 8.29. The molecule has 3 heteroatoms. The van der Waals surface area contributed by atoms with Gasteiger partial charge in [-0.25, -0.2) is 0 Å². The van der Waals surface area contributed by atoms with Crippen LogP contribution in [0.2, 0.25) is 0 Å². The summed E-state index contributed by atoms with van der Waals surface area (Å²) >= 11 is 0. The van der Waals surface area contributed by atoms with Crippen molar-refractivity contribution < 1.29 is 4.79 Å². The van der Waals surface area contributed by atoms with Gasteiger partial charge in [0.15, 0.2) is 0 Å². The number of unbranched alkanes of at least 4 members (excludes halogenated alkanes) is 2. The third kappa shape index (κ3) is 3.99. The predicted molar refractivity (Wildman–Crippen MR) is 89.0 cm³/mol. The second-order valence-electron chi connectivity index (χ2n) is 6.20. The molecule has 1 N–H and O–H groups in total. The molecule has 1 aromatic carbocycles. The second kappa shape index (κ2) is 7.48. The quantitative estimate of drug-likeness (QED) is 0.800. The van der Waals surface area contributed by atoms with E-state index in [1.54, 1.807) is 0 Å². The van der Waals surface area contributed by atoms with Crippen LogP contribution in [0, 0.1) is 0 Å². The number of benzene rings is 1. The Morgan fingerprint density at radius 1 is 1.33 bits per heavy atom. The standard InChI is InChI=1S/C18H28N2O/c1-4-5-6-12-20(14(2)3)18(21)16-9-10-17-15(13-16)8-7-11-19-17/h9-10,13-14,19H,4-8,11-12H2,1-3H3. The molecule has 1 aliphatic rings. The number of hydrogen-bond acceptors (Lipinski definition) is 2. The lowest BCUT2D eigenvalue weighted by atomic mass is 10.00. The number of aryl methyl sites for hydroxylation is 1. The average molecular weight is 288 g/mol. The fourth-order valence-corrected chi connectivity index (χ4v) is 2.90. The van der Waals surface area contributed by atoms with Crippen LogP contribution in [-0.4, -0.2) is 29.9 Å². The van der Waals surface area contributed by atoms with Crippen molar-refractivity contribution in [3.63, 3.8) is 0 Å². The molecule has 0 fully saturated rings. The van der Waals surface area contributed by atoms with Crippen molar-refractivity contribution in [2.24, 2.45) is 0 Å². The molecule has 21 heavy (non-hydrogen) atoms. The summed E-state index contributed by atoms with van der Waals surface area (Å²) in [5.74, 6) is 0.175. The summed E-state index contributed by atoms with van der Waals surface area (Å²) in [6.07, 6.45) is 5.68. The van der Waals surface area contributed by atoms with Gasteiger partial charge >= 0.3 is 0 Å². The van der Waals surface area contributed by atoms with Crippen LogP contribution in [0.15, 0.2) is 18.2 Å². The number of hydrogen-bond donors (Lipinski definition) is 1. The van der Waals surface area contributed by atoms with Gasteiger partial charge in [0, 0.05) is 30.4 Å². The molecule has 0 unspecified atom stereocenters. The lowest BCUT2D eigenvalue weighted by Gasteiger charge is -2.27. The van der Waals surface area contributed by atoms with E-state index < -0.39 is 0 Å². The van der Waals surface area contributed by atoms with Crippen molar-refractivity contribution in [2.45, 2.75) is 58.9 Å². The molecule has 1 amide bonds. The molecule has 0 aliphatic carbocycles. The van der Waals surface area contributed by atoms with Gasteiger partial charge in [0.05, 0.1) is 0 Å². The first kappa shape index (κ1) is 15.9. The summed E-state index contributed by atoms with van der Waals surface area (Å²) in [4.78, 5) is 14.8. The van der Waals surface area contributed by atoms with Crippen LogP contribution in [0.5, 0.6) is 0 Å². The molecule has 2 rings (SSSR count). The van der Waals surface area contributed by atoms with Gasteiger partial charge in [0.1, 0.15) is 0 Å². The van der Waals surface area contributed by atoms with Gasteiger partial charge in [-0.05, 0) is 56.9 Å². The number of carbonyl (C=O) groups is 1. The van der Waals surface area contributed by atoms with Gasteiger partial charge in [-0.2, -0.15) is 0 Å². The second-order valence-corrected chi connectivity index (χ2v) is 6.20. The van der Waals surface area contributed by atoms with Crippen molar-refractivity contribution >= 4 is 11.6 Å². The van der Waals surface area contributed by atoms with Gasteiger partial charge in [0.25, 0.3) is 5.91 Å². The van der Waals surface area contributed by atoms with Crippen LogP contribution in [0.1, 0.15) is 62.4 Å². The van der Waals surface area contributed by atoms with Crippen molar-refractivity contribution in [3.05, 3.63) is 29.3 Å². The molecule has 0 aromatic heterocycles. The molecule has 0 bridgehead atoms. The maximum atomic E-state index is 12.8. The topological polar surface area (TPSA) is 32.3 Å². The largest absolute Gasteiger partial charge is 0.385 e. The minimum absolute atomic E-state index is 0.175. The van der Waals surface area contributed by atoms with E-state index in [-0.39, 0.29) is 11.9 Å². The number of fused-ring (bicyclic) bond motifs is 1. The Labute approximate surface area is 128 Å². The van der Waals surface area contributed by atoms with E-state index in [1.165, 1.54) is 24.1 Å². The summed E-state index contributed by atoms with van der Waals surface area (Å²) in [7, 11) is 0. The Bertz CT molecular complexity index is 482. The number of rotatable bonds is 6. The van der Waals surface area contributed by atoms with Crippen LogP contribution in [0.3, 0.4) is 0 Å². The van der Waals surface area contributed by atoms with E-state index in [1.807, 2.05) is 11.0 Å². The maximum absolute atomic E-state index is 12.8. The summed E-state index contributed by atoms with van der Waals surface area (Å²) in [5, 5.41) is 3.40. The van der Waals surface area contributed by atoms with Crippen molar-refractivity contribution in [1.82, 2.24) is 4.90 Å². The van der Waals surface area contributed by atoms with Gasteiger partial charge in [0.2, 0.25) is 0 Å². The van der Waals surface area contributed by atoms with Gasteiger partial charge in [-0.15, -0.1) is 0 Å². The van der Waals surface area contributed by atoms with Crippen molar-refractivity contribution in [3.8, 4) is 0 Å². The van der Waals surface area contributed by atoms with E-state index in [0.29, 0.717) is 0 Å². The first-order chi connectivity index (χ1) is 10.1. The van der Waals surface area contributed by atoms with E-state index in [4.69, 9.17) is 0 Å².